The molecular weight excluding hydrogens is 343 g/mol. The first-order valence-electron chi connectivity index (χ1n) is 8.65. The second-order valence-corrected chi connectivity index (χ2v) is 6.72. The number of rotatable bonds is 4. The SMILES string of the molecule is CC(=O)NC1CCN(Cc2ccn(-c3ccc(C(F)(F)F)cc3)c2)CC1. The number of hydrogen-bond donors (Lipinski definition) is 1. The normalized spacial score (nSPS) is 16.6. The fraction of sp³-hybridized carbons (Fsp3) is 0.421. The number of amides is 1. The van der Waals surface area contributed by atoms with E-state index in [0.717, 1.165) is 50.2 Å². The molecule has 3 rings (SSSR count). The summed E-state index contributed by atoms with van der Waals surface area (Å²) in [5.41, 5.74) is 1.17. The summed E-state index contributed by atoms with van der Waals surface area (Å²) in [5.74, 6) is 0.0112. The van der Waals surface area contributed by atoms with Crippen molar-refractivity contribution in [2.45, 2.75) is 38.5 Å². The van der Waals surface area contributed by atoms with E-state index >= 15 is 0 Å². The van der Waals surface area contributed by atoms with Crippen molar-refractivity contribution in [3.05, 3.63) is 53.9 Å². The van der Waals surface area contributed by atoms with E-state index in [4.69, 9.17) is 0 Å². The number of likely N-dealkylation sites (tertiary alicyclic amines) is 1. The van der Waals surface area contributed by atoms with Crippen LogP contribution in [-0.2, 0) is 17.5 Å². The number of aromatic nitrogens is 1. The van der Waals surface area contributed by atoms with Gasteiger partial charge in [0.25, 0.3) is 0 Å². The number of nitrogens with one attached hydrogen (secondary N) is 1. The van der Waals surface area contributed by atoms with Crippen molar-refractivity contribution in [2.75, 3.05) is 13.1 Å². The molecule has 0 saturated carbocycles. The van der Waals surface area contributed by atoms with Crippen molar-refractivity contribution in [1.29, 1.82) is 0 Å². The highest BCUT2D eigenvalue weighted by Crippen LogP contribution is 2.29. The summed E-state index contributed by atoms with van der Waals surface area (Å²) in [4.78, 5) is 13.4. The zero-order chi connectivity index (χ0) is 18.7. The third-order valence-electron chi connectivity index (χ3n) is 4.65. The molecule has 2 aromatic rings. The van der Waals surface area contributed by atoms with Crippen LogP contribution >= 0.6 is 0 Å². The molecule has 0 bridgehead atoms. The van der Waals surface area contributed by atoms with Crippen LogP contribution in [0.3, 0.4) is 0 Å². The Labute approximate surface area is 150 Å². The lowest BCUT2D eigenvalue weighted by Gasteiger charge is -2.31. The predicted molar refractivity (Wildman–Crippen MR) is 92.9 cm³/mol. The van der Waals surface area contributed by atoms with Gasteiger partial charge in [0.1, 0.15) is 0 Å². The van der Waals surface area contributed by atoms with Crippen molar-refractivity contribution in [2.24, 2.45) is 0 Å². The Morgan fingerprint density at radius 1 is 1.15 bits per heavy atom. The molecule has 0 unspecified atom stereocenters. The quantitative estimate of drug-likeness (QED) is 0.899. The minimum Gasteiger partial charge on any atom is -0.354 e. The number of carbonyl (C=O) groups is 1. The third kappa shape index (κ3) is 4.66. The molecule has 2 heterocycles. The van der Waals surface area contributed by atoms with Gasteiger partial charge in [-0.3, -0.25) is 9.69 Å². The van der Waals surface area contributed by atoms with Crippen molar-refractivity contribution in [3.63, 3.8) is 0 Å². The summed E-state index contributed by atoms with van der Waals surface area (Å²) in [7, 11) is 0. The Morgan fingerprint density at radius 2 is 1.81 bits per heavy atom. The highest BCUT2D eigenvalue weighted by atomic mass is 19.4. The summed E-state index contributed by atoms with van der Waals surface area (Å²) < 4.78 is 39.8. The Hall–Kier alpha value is -2.28. The number of halogens is 3. The van der Waals surface area contributed by atoms with E-state index in [1.165, 1.54) is 19.1 Å². The van der Waals surface area contributed by atoms with Crippen molar-refractivity contribution >= 4 is 5.91 Å². The molecule has 0 atom stereocenters. The van der Waals surface area contributed by atoms with Gasteiger partial charge in [-0.1, -0.05) is 0 Å². The number of alkyl halides is 3. The van der Waals surface area contributed by atoms with E-state index < -0.39 is 11.7 Å². The molecule has 1 amide bonds. The van der Waals surface area contributed by atoms with Gasteiger partial charge in [-0.05, 0) is 48.7 Å². The van der Waals surface area contributed by atoms with Gasteiger partial charge in [-0.25, -0.2) is 0 Å². The number of nitrogens with zero attached hydrogens (tertiary/aromatic N) is 2. The largest absolute Gasteiger partial charge is 0.416 e. The Morgan fingerprint density at radius 3 is 2.38 bits per heavy atom. The molecule has 1 fully saturated rings. The molecule has 0 spiro atoms. The summed E-state index contributed by atoms with van der Waals surface area (Å²) in [6, 6.07) is 7.39. The van der Waals surface area contributed by atoms with E-state index in [0.29, 0.717) is 5.69 Å². The molecule has 26 heavy (non-hydrogen) atoms. The maximum absolute atomic E-state index is 12.6. The summed E-state index contributed by atoms with van der Waals surface area (Å²) in [5, 5.41) is 2.96. The first kappa shape index (κ1) is 18.5. The summed E-state index contributed by atoms with van der Waals surface area (Å²) >= 11 is 0. The molecule has 4 nitrogen and oxygen atoms in total. The summed E-state index contributed by atoms with van der Waals surface area (Å²) in [6.07, 6.45) is 1.35. The van der Waals surface area contributed by atoms with Crippen LogP contribution in [0.2, 0.25) is 0 Å². The predicted octanol–water partition coefficient (Wildman–Crippen LogP) is 3.60. The van der Waals surface area contributed by atoms with Crippen LogP contribution in [0, 0.1) is 0 Å². The Bertz CT molecular complexity index is 744. The fourth-order valence-corrected chi connectivity index (χ4v) is 3.30. The van der Waals surface area contributed by atoms with Gasteiger partial charge < -0.3 is 9.88 Å². The minimum absolute atomic E-state index is 0.0112. The average Bonchev–Trinajstić information content (AvgIpc) is 3.04. The maximum Gasteiger partial charge on any atom is 0.416 e. The van der Waals surface area contributed by atoms with E-state index in [-0.39, 0.29) is 11.9 Å². The van der Waals surface area contributed by atoms with Gasteiger partial charge >= 0.3 is 6.18 Å². The smallest absolute Gasteiger partial charge is 0.354 e. The van der Waals surface area contributed by atoms with E-state index in [2.05, 4.69) is 10.2 Å². The van der Waals surface area contributed by atoms with Gasteiger partial charge in [0.05, 0.1) is 5.56 Å². The molecule has 140 valence electrons. The lowest BCUT2D eigenvalue weighted by Crippen LogP contribution is -2.43. The molecule has 0 radical (unpaired) electrons. The van der Waals surface area contributed by atoms with Crippen LogP contribution in [0.25, 0.3) is 5.69 Å². The molecule has 7 heteroatoms. The highest BCUT2D eigenvalue weighted by Gasteiger charge is 2.30. The Balaban J connectivity index is 1.58. The lowest BCUT2D eigenvalue weighted by molar-refractivity contribution is -0.137. The van der Waals surface area contributed by atoms with Gasteiger partial charge in [-0.15, -0.1) is 0 Å². The van der Waals surface area contributed by atoms with Gasteiger partial charge in [0, 0.05) is 50.7 Å². The monoisotopic (exact) mass is 365 g/mol. The zero-order valence-corrected chi connectivity index (χ0v) is 14.6. The van der Waals surface area contributed by atoms with Crippen molar-refractivity contribution < 1.29 is 18.0 Å². The standard InChI is InChI=1S/C19H22F3N3O/c1-14(26)23-17-7-9-24(10-8-17)12-15-6-11-25(13-15)18-4-2-16(3-5-18)19(20,21)22/h2-6,11,13,17H,7-10,12H2,1H3,(H,23,26). The number of carbonyl (C=O) groups excluding carboxylic acids is 1. The second-order valence-electron chi connectivity index (χ2n) is 6.72. The van der Waals surface area contributed by atoms with Crippen LogP contribution in [0.15, 0.2) is 42.7 Å². The average molecular weight is 365 g/mol. The molecule has 1 aromatic carbocycles. The van der Waals surface area contributed by atoms with Crippen LogP contribution in [0.1, 0.15) is 30.9 Å². The van der Waals surface area contributed by atoms with Gasteiger partial charge in [0.15, 0.2) is 0 Å². The molecule has 1 aromatic heterocycles. The minimum atomic E-state index is -4.32. The lowest BCUT2D eigenvalue weighted by atomic mass is 10.0. The number of piperidine rings is 1. The first-order valence-corrected chi connectivity index (χ1v) is 8.65. The van der Waals surface area contributed by atoms with Crippen molar-refractivity contribution in [1.82, 2.24) is 14.8 Å². The van der Waals surface area contributed by atoms with E-state index in [1.54, 1.807) is 0 Å². The second kappa shape index (κ2) is 7.53. The molecule has 0 aliphatic carbocycles. The topological polar surface area (TPSA) is 37.3 Å². The van der Waals surface area contributed by atoms with Gasteiger partial charge in [-0.2, -0.15) is 13.2 Å². The Kier molecular flexibility index (Phi) is 5.36. The molecule has 1 N–H and O–H groups in total. The highest BCUT2D eigenvalue weighted by molar-refractivity contribution is 5.73. The third-order valence-corrected chi connectivity index (χ3v) is 4.65. The molecule has 1 saturated heterocycles. The van der Waals surface area contributed by atoms with Crippen LogP contribution < -0.4 is 5.32 Å². The summed E-state index contributed by atoms with van der Waals surface area (Å²) in [6.45, 7) is 4.16. The fourth-order valence-electron chi connectivity index (χ4n) is 3.30. The number of hydrogen-bond acceptors (Lipinski definition) is 2. The van der Waals surface area contributed by atoms with Gasteiger partial charge in [0.2, 0.25) is 5.91 Å². The zero-order valence-electron chi connectivity index (χ0n) is 14.6. The molecule has 1 aliphatic heterocycles. The number of benzene rings is 1. The van der Waals surface area contributed by atoms with Crippen molar-refractivity contribution in [3.8, 4) is 5.69 Å². The van der Waals surface area contributed by atoms with E-state index in [1.807, 2.05) is 23.0 Å². The molecule has 1 aliphatic rings. The van der Waals surface area contributed by atoms with Crippen LogP contribution in [0.5, 0.6) is 0 Å². The van der Waals surface area contributed by atoms with Crippen LogP contribution in [-0.4, -0.2) is 34.5 Å². The van der Waals surface area contributed by atoms with Crippen LogP contribution in [0.4, 0.5) is 13.2 Å². The maximum atomic E-state index is 12.6. The van der Waals surface area contributed by atoms with E-state index in [9.17, 15) is 18.0 Å². The molecular formula is C19H22F3N3O. The first-order chi connectivity index (χ1) is 12.3.